The van der Waals surface area contributed by atoms with Gasteiger partial charge in [0.15, 0.2) is 0 Å². The zero-order valence-electron chi connectivity index (χ0n) is 18.4. The van der Waals surface area contributed by atoms with Crippen molar-refractivity contribution < 1.29 is 17.9 Å². The highest BCUT2D eigenvalue weighted by atomic mass is 32.2. The Morgan fingerprint density at radius 3 is 2.41 bits per heavy atom. The molecule has 1 fully saturated rings. The van der Waals surface area contributed by atoms with Crippen molar-refractivity contribution in [2.75, 3.05) is 39.3 Å². The second-order valence-electron chi connectivity index (χ2n) is 7.37. The molecule has 9 heteroatoms. The molecule has 1 saturated heterocycles. The first kappa shape index (κ1) is 23.7. The molecule has 3 rings (SSSR count). The minimum Gasteiger partial charge on any atom is -0.489 e. The molecule has 0 saturated carbocycles. The number of benzene rings is 2. The molecule has 1 aliphatic rings. The zero-order chi connectivity index (χ0) is 23.1. The molecule has 0 spiro atoms. The van der Waals surface area contributed by atoms with Crippen LogP contribution in [0.4, 0.5) is 0 Å². The first-order valence-corrected chi connectivity index (χ1v) is 12.1. The number of nitriles is 1. The van der Waals surface area contributed by atoms with Gasteiger partial charge in [0.05, 0.1) is 11.6 Å². The number of rotatable bonds is 8. The molecule has 0 aliphatic carbocycles. The summed E-state index contributed by atoms with van der Waals surface area (Å²) in [5.41, 5.74) is 1.81. The first-order chi connectivity index (χ1) is 15.4. The maximum absolute atomic E-state index is 13.0. The summed E-state index contributed by atoms with van der Waals surface area (Å²) in [5.74, 6) is 0.374. The van der Waals surface area contributed by atoms with E-state index < -0.39 is 10.2 Å². The van der Waals surface area contributed by atoms with Crippen molar-refractivity contribution in [1.29, 1.82) is 5.26 Å². The van der Waals surface area contributed by atoms with Crippen LogP contribution in [0.2, 0.25) is 0 Å². The van der Waals surface area contributed by atoms with E-state index in [1.54, 1.807) is 41.3 Å². The van der Waals surface area contributed by atoms with Crippen LogP contribution in [0.25, 0.3) is 0 Å². The largest absolute Gasteiger partial charge is 0.489 e. The van der Waals surface area contributed by atoms with Crippen LogP contribution in [-0.2, 0) is 16.8 Å². The lowest BCUT2D eigenvalue weighted by Crippen LogP contribution is -2.54. The minimum atomic E-state index is -3.50. The van der Waals surface area contributed by atoms with Crippen molar-refractivity contribution in [2.24, 2.45) is 0 Å². The molecule has 32 heavy (non-hydrogen) atoms. The minimum absolute atomic E-state index is 0.159. The number of hydrogen-bond acceptors (Lipinski definition) is 5. The van der Waals surface area contributed by atoms with Gasteiger partial charge in [-0.2, -0.15) is 22.3 Å². The predicted molar refractivity (Wildman–Crippen MR) is 121 cm³/mol. The molecule has 2 aromatic rings. The second-order valence-corrected chi connectivity index (χ2v) is 9.30. The third-order valence-electron chi connectivity index (χ3n) is 5.50. The SMILES string of the molecule is CCN(CC)S(=O)(=O)N1CCN(C(=O)c2cccc(OCc3ccccc3C#N)c2)CC1. The molecule has 0 radical (unpaired) electrons. The highest BCUT2D eigenvalue weighted by Crippen LogP contribution is 2.19. The number of piperazine rings is 1. The number of nitrogens with zero attached hydrogens (tertiary/aromatic N) is 4. The fourth-order valence-electron chi connectivity index (χ4n) is 3.65. The Morgan fingerprint density at radius 2 is 1.75 bits per heavy atom. The molecule has 1 amide bonds. The molecule has 170 valence electrons. The topological polar surface area (TPSA) is 94.0 Å². The number of carbonyl (C=O) groups excluding carboxylic acids is 1. The predicted octanol–water partition coefficient (Wildman–Crippen LogP) is 2.48. The maximum atomic E-state index is 13.0. The van der Waals surface area contributed by atoms with E-state index >= 15 is 0 Å². The van der Waals surface area contributed by atoms with Crippen molar-refractivity contribution in [3.63, 3.8) is 0 Å². The summed E-state index contributed by atoms with van der Waals surface area (Å²) in [4.78, 5) is 14.6. The summed E-state index contributed by atoms with van der Waals surface area (Å²) >= 11 is 0. The fraction of sp³-hybridized carbons (Fsp3) is 0.391. The smallest absolute Gasteiger partial charge is 0.282 e. The molecule has 0 unspecified atom stereocenters. The van der Waals surface area contributed by atoms with Gasteiger partial charge in [0, 0.05) is 50.4 Å². The van der Waals surface area contributed by atoms with Gasteiger partial charge in [-0.15, -0.1) is 0 Å². The van der Waals surface area contributed by atoms with Crippen LogP contribution in [-0.4, -0.2) is 67.1 Å². The number of ether oxygens (including phenoxy) is 1. The van der Waals surface area contributed by atoms with E-state index in [9.17, 15) is 18.5 Å². The first-order valence-electron chi connectivity index (χ1n) is 10.7. The Kier molecular flexibility index (Phi) is 7.85. The summed E-state index contributed by atoms with van der Waals surface area (Å²) < 4.78 is 34.0. The summed E-state index contributed by atoms with van der Waals surface area (Å²) in [6, 6.07) is 16.3. The standard InChI is InChI=1S/C23H28N4O4S/c1-3-26(4-2)32(29,30)27-14-12-25(13-15-27)23(28)19-10-7-11-22(16-19)31-18-21-9-6-5-8-20(21)17-24/h5-11,16H,3-4,12-15,18H2,1-2H3. The second kappa shape index (κ2) is 10.6. The quantitative estimate of drug-likeness (QED) is 0.608. The lowest BCUT2D eigenvalue weighted by molar-refractivity contribution is 0.0693. The van der Waals surface area contributed by atoms with Crippen LogP contribution in [0.15, 0.2) is 48.5 Å². The summed E-state index contributed by atoms with van der Waals surface area (Å²) in [7, 11) is -3.50. The van der Waals surface area contributed by atoms with Gasteiger partial charge >= 0.3 is 0 Å². The average Bonchev–Trinajstić information content (AvgIpc) is 2.83. The summed E-state index contributed by atoms with van der Waals surface area (Å²) in [6.07, 6.45) is 0. The van der Waals surface area contributed by atoms with Crippen LogP contribution in [0, 0.1) is 11.3 Å². The molecule has 2 aromatic carbocycles. The Bertz CT molecular complexity index is 1090. The van der Waals surface area contributed by atoms with Gasteiger partial charge in [0.25, 0.3) is 16.1 Å². The van der Waals surface area contributed by atoms with Crippen LogP contribution >= 0.6 is 0 Å². The van der Waals surface area contributed by atoms with E-state index in [1.807, 2.05) is 26.0 Å². The molecule has 0 bridgehead atoms. The van der Waals surface area contributed by atoms with E-state index in [0.717, 1.165) is 5.56 Å². The van der Waals surface area contributed by atoms with Gasteiger partial charge < -0.3 is 9.64 Å². The van der Waals surface area contributed by atoms with Crippen molar-refractivity contribution in [3.8, 4) is 11.8 Å². The molecular formula is C23H28N4O4S. The average molecular weight is 457 g/mol. The molecule has 0 N–H and O–H groups in total. The lowest BCUT2D eigenvalue weighted by Gasteiger charge is -2.36. The monoisotopic (exact) mass is 456 g/mol. The Hall–Kier alpha value is -2.93. The van der Waals surface area contributed by atoms with E-state index in [4.69, 9.17) is 4.74 Å². The van der Waals surface area contributed by atoms with Crippen LogP contribution in [0.1, 0.15) is 35.3 Å². The molecule has 0 atom stereocenters. The van der Waals surface area contributed by atoms with Gasteiger partial charge in [-0.05, 0) is 24.3 Å². The van der Waals surface area contributed by atoms with Crippen molar-refractivity contribution in [2.45, 2.75) is 20.5 Å². The number of carbonyl (C=O) groups is 1. The Balaban J connectivity index is 1.62. The molecule has 1 heterocycles. The Morgan fingerprint density at radius 1 is 1.06 bits per heavy atom. The highest BCUT2D eigenvalue weighted by Gasteiger charge is 2.32. The Labute approximate surface area is 189 Å². The summed E-state index contributed by atoms with van der Waals surface area (Å²) in [5, 5.41) is 9.20. The van der Waals surface area contributed by atoms with Crippen LogP contribution < -0.4 is 4.74 Å². The van der Waals surface area contributed by atoms with E-state index in [-0.39, 0.29) is 25.6 Å². The molecule has 8 nitrogen and oxygen atoms in total. The fourth-order valence-corrected chi connectivity index (χ4v) is 5.26. The van der Waals surface area contributed by atoms with Gasteiger partial charge in [-0.25, -0.2) is 0 Å². The van der Waals surface area contributed by atoms with Gasteiger partial charge in [0.2, 0.25) is 0 Å². The van der Waals surface area contributed by atoms with E-state index in [1.165, 1.54) is 8.61 Å². The van der Waals surface area contributed by atoms with Gasteiger partial charge in [0.1, 0.15) is 12.4 Å². The lowest BCUT2D eigenvalue weighted by atomic mass is 10.1. The van der Waals surface area contributed by atoms with Crippen LogP contribution in [0.5, 0.6) is 5.75 Å². The zero-order valence-corrected chi connectivity index (χ0v) is 19.2. The van der Waals surface area contributed by atoms with Gasteiger partial charge in [-0.3, -0.25) is 4.79 Å². The van der Waals surface area contributed by atoms with Crippen molar-refractivity contribution in [1.82, 2.24) is 13.5 Å². The van der Waals surface area contributed by atoms with Crippen LogP contribution in [0.3, 0.4) is 0 Å². The summed E-state index contributed by atoms with van der Waals surface area (Å²) in [6.45, 7) is 5.90. The third-order valence-corrected chi connectivity index (χ3v) is 7.68. The normalized spacial score (nSPS) is 14.9. The van der Waals surface area contributed by atoms with E-state index in [2.05, 4.69) is 6.07 Å². The molecule has 0 aromatic heterocycles. The third kappa shape index (κ3) is 5.27. The number of hydrogen-bond donors (Lipinski definition) is 0. The molecule has 1 aliphatic heterocycles. The maximum Gasteiger partial charge on any atom is 0.282 e. The number of amides is 1. The molecular weight excluding hydrogens is 428 g/mol. The highest BCUT2D eigenvalue weighted by molar-refractivity contribution is 7.86. The van der Waals surface area contributed by atoms with Gasteiger partial charge in [-0.1, -0.05) is 38.1 Å². The van der Waals surface area contributed by atoms with E-state index in [0.29, 0.717) is 43.1 Å². The van der Waals surface area contributed by atoms with Crippen molar-refractivity contribution in [3.05, 3.63) is 65.2 Å². The van der Waals surface area contributed by atoms with Crippen molar-refractivity contribution >= 4 is 16.1 Å².